The zero-order valence-electron chi connectivity index (χ0n) is 12.4. The molecule has 0 spiro atoms. The second-order valence-electron chi connectivity index (χ2n) is 5.43. The lowest BCUT2D eigenvalue weighted by Crippen LogP contribution is -2.43. The first-order valence-electron chi connectivity index (χ1n) is 6.84. The third-order valence-electron chi connectivity index (χ3n) is 4.03. The van der Waals surface area contributed by atoms with Crippen molar-refractivity contribution in [3.63, 3.8) is 0 Å². The summed E-state index contributed by atoms with van der Waals surface area (Å²) in [5.41, 5.74) is 0.621. The molecule has 6 nitrogen and oxygen atoms in total. The number of nitro benzene ring substituents is 1. The maximum Gasteiger partial charge on any atom is 0.415 e. The van der Waals surface area contributed by atoms with Crippen LogP contribution in [0.3, 0.4) is 0 Å². The standard InChI is InChI=1S/C16H13ClN2O4/c1-16(10-3-5-11(17)6-4-10)13-9-12(19(21)22)7-8-14(13)18(2)15(20)23-16/h3-9H,1-2H3. The quantitative estimate of drug-likeness (QED) is 0.613. The molecule has 0 aliphatic carbocycles. The zero-order valence-corrected chi connectivity index (χ0v) is 13.2. The largest absolute Gasteiger partial charge is 0.433 e. The van der Waals surface area contributed by atoms with Crippen molar-refractivity contribution < 1.29 is 14.5 Å². The van der Waals surface area contributed by atoms with Gasteiger partial charge in [0.05, 0.1) is 10.6 Å². The van der Waals surface area contributed by atoms with Gasteiger partial charge in [-0.3, -0.25) is 15.0 Å². The van der Waals surface area contributed by atoms with Gasteiger partial charge >= 0.3 is 6.09 Å². The van der Waals surface area contributed by atoms with Crippen molar-refractivity contribution in [2.45, 2.75) is 12.5 Å². The average Bonchev–Trinajstić information content (AvgIpc) is 2.52. The van der Waals surface area contributed by atoms with Gasteiger partial charge in [-0.1, -0.05) is 23.7 Å². The summed E-state index contributed by atoms with van der Waals surface area (Å²) in [6, 6.07) is 11.2. The molecule has 7 heteroatoms. The number of halogens is 1. The van der Waals surface area contributed by atoms with Crippen LogP contribution in [0.1, 0.15) is 18.1 Å². The van der Waals surface area contributed by atoms with Crippen molar-refractivity contribution in [1.82, 2.24) is 0 Å². The van der Waals surface area contributed by atoms with E-state index in [9.17, 15) is 14.9 Å². The average molecular weight is 333 g/mol. The maximum atomic E-state index is 12.2. The number of benzene rings is 2. The van der Waals surface area contributed by atoms with Gasteiger partial charge in [0.15, 0.2) is 5.60 Å². The van der Waals surface area contributed by atoms with E-state index in [1.165, 1.54) is 17.0 Å². The second kappa shape index (κ2) is 5.24. The molecule has 1 amide bonds. The summed E-state index contributed by atoms with van der Waals surface area (Å²) >= 11 is 5.91. The molecule has 0 bridgehead atoms. The molecular weight excluding hydrogens is 320 g/mol. The predicted octanol–water partition coefficient (Wildman–Crippen LogP) is 4.10. The number of carbonyl (C=O) groups excluding carboxylic acids is 1. The zero-order chi connectivity index (χ0) is 16.8. The van der Waals surface area contributed by atoms with Gasteiger partial charge in [-0.25, -0.2) is 4.79 Å². The number of fused-ring (bicyclic) bond motifs is 1. The highest BCUT2D eigenvalue weighted by Gasteiger charge is 2.42. The van der Waals surface area contributed by atoms with E-state index < -0.39 is 16.6 Å². The minimum Gasteiger partial charge on any atom is -0.433 e. The number of hydrogen-bond donors (Lipinski definition) is 0. The van der Waals surface area contributed by atoms with Gasteiger partial charge in [-0.15, -0.1) is 0 Å². The number of nitro groups is 1. The Morgan fingerprint density at radius 2 is 1.87 bits per heavy atom. The summed E-state index contributed by atoms with van der Waals surface area (Å²) in [5.74, 6) is 0. The first-order chi connectivity index (χ1) is 10.8. The van der Waals surface area contributed by atoms with Gasteiger partial charge in [0.2, 0.25) is 0 Å². The molecule has 1 atom stereocenters. The molecule has 23 heavy (non-hydrogen) atoms. The molecule has 3 rings (SSSR count). The number of nitrogens with zero attached hydrogens (tertiary/aromatic N) is 2. The lowest BCUT2D eigenvalue weighted by molar-refractivity contribution is -0.385. The number of rotatable bonds is 2. The number of cyclic esters (lactones) is 1. The Kier molecular flexibility index (Phi) is 3.49. The van der Waals surface area contributed by atoms with E-state index in [-0.39, 0.29) is 5.69 Å². The lowest BCUT2D eigenvalue weighted by atomic mass is 9.85. The fraction of sp³-hybridized carbons (Fsp3) is 0.188. The molecule has 1 heterocycles. The van der Waals surface area contributed by atoms with E-state index in [0.717, 1.165) is 0 Å². The van der Waals surface area contributed by atoms with Crippen molar-refractivity contribution in [1.29, 1.82) is 0 Å². The second-order valence-corrected chi connectivity index (χ2v) is 5.86. The minimum absolute atomic E-state index is 0.0599. The summed E-state index contributed by atoms with van der Waals surface area (Å²) in [4.78, 5) is 24.1. The first kappa shape index (κ1) is 15.3. The van der Waals surface area contributed by atoms with Gasteiger partial charge in [0.25, 0.3) is 5.69 Å². The number of carbonyl (C=O) groups is 1. The van der Waals surface area contributed by atoms with Gasteiger partial charge in [-0.05, 0) is 25.1 Å². The molecule has 2 aromatic carbocycles. The molecule has 0 saturated heterocycles. The summed E-state index contributed by atoms with van der Waals surface area (Å²) < 4.78 is 5.59. The van der Waals surface area contributed by atoms with Crippen LogP contribution in [-0.4, -0.2) is 18.1 Å². The topological polar surface area (TPSA) is 72.7 Å². The molecule has 118 valence electrons. The van der Waals surface area contributed by atoms with E-state index in [0.29, 0.717) is 21.8 Å². The summed E-state index contributed by atoms with van der Waals surface area (Å²) in [6.45, 7) is 1.71. The fourth-order valence-electron chi connectivity index (χ4n) is 2.69. The molecule has 1 aliphatic rings. The predicted molar refractivity (Wildman–Crippen MR) is 85.9 cm³/mol. The molecule has 1 aliphatic heterocycles. The minimum atomic E-state index is -1.13. The van der Waals surface area contributed by atoms with Crippen LogP contribution in [0, 0.1) is 10.1 Å². The van der Waals surface area contributed by atoms with Gasteiger partial charge in [0, 0.05) is 35.3 Å². The Balaban J connectivity index is 2.24. The van der Waals surface area contributed by atoms with E-state index in [4.69, 9.17) is 16.3 Å². The molecule has 2 aromatic rings. The highest BCUT2D eigenvalue weighted by molar-refractivity contribution is 6.30. The van der Waals surface area contributed by atoms with E-state index >= 15 is 0 Å². The molecule has 0 saturated carbocycles. The third kappa shape index (κ3) is 2.41. The van der Waals surface area contributed by atoms with Crippen molar-refractivity contribution in [3.8, 4) is 0 Å². The fourth-order valence-corrected chi connectivity index (χ4v) is 2.82. The number of amides is 1. The first-order valence-corrected chi connectivity index (χ1v) is 7.22. The number of anilines is 1. The van der Waals surface area contributed by atoms with Crippen LogP contribution in [0.2, 0.25) is 5.02 Å². The molecule has 1 unspecified atom stereocenters. The lowest BCUT2D eigenvalue weighted by Gasteiger charge is -2.39. The summed E-state index contributed by atoms with van der Waals surface area (Å²) in [5, 5.41) is 11.6. The van der Waals surface area contributed by atoms with Gasteiger partial charge in [0.1, 0.15) is 0 Å². The Morgan fingerprint density at radius 3 is 2.48 bits per heavy atom. The summed E-state index contributed by atoms with van der Waals surface area (Å²) in [6.07, 6.45) is -0.524. The van der Waals surface area contributed by atoms with Crippen molar-refractivity contribution in [2.24, 2.45) is 0 Å². The Labute approximate surface area is 137 Å². The van der Waals surface area contributed by atoms with E-state index in [1.807, 2.05) is 0 Å². The van der Waals surface area contributed by atoms with E-state index in [1.54, 1.807) is 44.3 Å². The van der Waals surface area contributed by atoms with Gasteiger partial charge in [-0.2, -0.15) is 0 Å². The van der Waals surface area contributed by atoms with Crippen molar-refractivity contribution in [3.05, 3.63) is 68.7 Å². The van der Waals surface area contributed by atoms with Crippen LogP contribution in [0.5, 0.6) is 0 Å². The van der Waals surface area contributed by atoms with Crippen molar-refractivity contribution in [2.75, 3.05) is 11.9 Å². The number of non-ortho nitro benzene ring substituents is 1. The van der Waals surface area contributed by atoms with Gasteiger partial charge < -0.3 is 4.74 Å². The number of ether oxygens (including phenoxy) is 1. The highest BCUT2D eigenvalue weighted by Crippen LogP contribution is 2.44. The maximum absolute atomic E-state index is 12.2. The van der Waals surface area contributed by atoms with E-state index in [2.05, 4.69) is 0 Å². The smallest absolute Gasteiger partial charge is 0.415 e. The van der Waals surface area contributed by atoms with Crippen LogP contribution in [0.25, 0.3) is 0 Å². The SMILES string of the molecule is CN1C(=O)OC(C)(c2ccc(Cl)cc2)c2cc([N+](=O)[O-])ccc21. The normalized spacial score (nSPS) is 20.0. The number of hydrogen-bond acceptors (Lipinski definition) is 4. The van der Waals surface area contributed by atoms with Crippen LogP contribution in [0.15, 0.2) is 42.5 Å². The Morgan fingerprint density at radius 1 is 1.22 bits per heavy atom. The van der Waals surface area contributed by atoms with Crippen LogP contribution >= 0.6 is 11.6 Å². The monoisotopic (exact) mass is 332 g/mol. The Bertz CT molecular complexity index is 806. The molecule has 0 aromatic heterocycles. The Hall–Kier alpha value is -2.60. The van der Waals surface area contributed by atoms with Crippen molar-refractivity contribution >= 4 is 29.1 Å². The molecular formula is C16H13ClN2O4. The third-order valence-corrected chi connectivity index (χ3v) is 4.28. The molecule has 0 N–H and O–H groups in total. The molecule has 0 fully saturated rings. The van der Waals surface area contributed by atoms with Crippen LogP contribution in [0.4, 0.5) is 16.2 Å². The van der Waals surface area contributed by atoms with Crippen LogP contribution in [-0.2, 0) is 10.3 Å². The summed E-state index contributed by atoms with van der Waals surface area (Å²) in [7, 11) is 1.56. The highest BCUT2D eigenvalue weighted by atomic mass is 35.5. The van der Waals surface area contributed by atoms with Crippen LogP contribution < -0.4 is 4.90 Å². The molecule has 0 radical (unpaired) electrons.